The number of carbonyl (C=O) groups is 1. The van der Waals surface area contributed by atoms with Crippen molar-refractivity contribution in [3.63, 3.8) is 0 Å². The van der Waals surface area contributed by atoms with Gasteiger partial charge in [-0.1, -0.05) is 0 Å². The zero-order valence-electron chi connectivity index (χ0n) is 16.3. The molecule has 1 aromatic heterocycles. The van der Waals surface area contributed by atoms with E-state index in [1.54, 1.807) is 11.2 Å². The van der Waals surface area contributed by atoms with Gasteiger partial charge in [-0.2, -0.15) is 0 Å². The average molecular weight is 399 g/mol. The molecule has 29 heavy (non-hydrogen) atoms. The molecular weight excluding hydrogens is 376 g/mol. The lowest BCUT2D eigenvalue weighted by atomic mass is 9.78. The summed E-state index contributed by atoms with van der Waals surface area (Å²) < 4.78 is 27.5. The number of amides is 1. The number of aromatic nitrogens is 2. The molecule has 0 unspecified atom stereocenters. The first-order valence-corrected chi connectivity index (χ1v) is 10.0. The Morgan fingerprint density at radius 1 is 1.10 bits per heavy atom. The number of benzene rings is 1. The first-order chi connectivity index (χ1) is 13.9. The van der Waals surface area contributed by atoms with Crippen molar-refractivity contribution in [3.8, 4) is 0 Å². The molecule has 1 atom stereocenters. The van der Waals surface area contributed by atoms with Crippen LogP contribution in [0.25, 0.3) is 0 Å². The molecular formula is C21H23F2N5O. The van der Waals surface area contributed by atoms with Gasteiger partial charge in [0, 0.05) is 44.1 Å². The first kappa shape index (κ1) is 18.4. The first-order valence-electron chi connectivity index (χ1n) is 10.0. The van der Waals surface area contributed by atoms with Gasteiger partial charge < -0.3 is 4.90 Å². The molecule has 6 nitrogen and oxygen atoms in total. The van der Waals surface area contributed by atoms with Crippen LogP contribution < -0.4 is 4.90 Å². The van der Waals surface area contributed by atoms with Gasteiger partial charge in [-0.15, -0.1) is 0 Å². The van der Waals surface area contributed by atoms with Crippen molar-refractivity contribution in [2.24, 2.45) is 5.41 Å². The lowest BCUT2D eigenvalue weighted by molar-refractivity contribution is -0.143. The van der Waals surface area contributed by atoms with E-state index in [1.165, 1.54) is 12.1 Å². The highest BCUT2D eigenvalue weighted by molar-refractivity contribution is 5.85. The van der Waals surface area contributed by atoms with Crippen LogP contribution in [0, 0.1) is 24.0 Å². The molecule has 3 saturated heterocycles. The van der Waals surface area contributed by atoms with E-state index in [9.17, 15) is 13.6 Å². The number of hydrogen-bond acceptors (Lipinski definition) is 5. The molecule has 5 rings (SSSR count). The highest BCUT2D eigenvalue weighted by atomic mass is 19.1. The van der Waals surface area contributed by atoms with Gasteiger partial charge >= 0.3 is 0 Å². The van der Waals surface area contributed by atoms with Crippen LogP contribution in [0.3, 0.4) is 0 Å². The Morgan fingerprint density at radius 2 is 1.83 bits per heavy atom. The molecule has 0 N–H and O–H groups in total. The van der Waals surface area contributed by atoms with Crippen LogP contribution in [0.15, 0.2) is 30.5 Å². The van der Waals surface area contributed by atoms with Crippen LogP contribution in [0.1, 0.15) is 36.6 Å². The molecule has 152 valence electrons. The van der Waals surface area contributed by atoms with E-state index in [2.05, 4.69) is 19.9 Å². The van der Waals surface area contributed by atoms with Crippen LogP contribution in [0.4, 0.5) is 14.7 Å². The number of anilines is 1. The molecule has 2 aromatic rings. The molecule has 3 aliphatic rings. The molecule has 0 bridgehead atoms. The van der Waals surface area contributed by atoms with Gasteiger partial charge in [0.15, 0.2) is 0 Å². The maximum atomic E-state index is 13.7. The van der Waals surface area contributed by atoms with Crippen molar-refractivity contribution in [2.45, 2.75) is 32.2 Å². The van der Waals surface area contributed by atoms with Crippen LogP contribution in [0.5, 0.6) is 0 Å². The quantitative estimate of drug-likeness (QED) is 0.777. The molecule has 0 radical (unpaired) electrons. The number of fused-ring (bicyclic) bond motifs is 1. The number of aryl methyl sites for hydroxylation is 1. The molecule has 1 amide bonds. The fourth-order valence-electron chi connectivity index (χ4n) is 4.95. The second kappa shape index (κ2) is 6.73. The van der Waals surface area contributed by atoms with E-state index < -0.39 is 17.0 Å². The maximum absolute atomic E-state index is 13.7. The minimum absolute atomic E-state index is 0.0782. The third kappa shape index (κ3) is 3.06. The number of piperidine rings is 1. The second-order valence-corrected chi connectivity index (χ2v) is 8.31. The van der Waals surface area contributed by atoms with E-state index in [0.717, 1.165) is 44.2 Å². The lowest BCUT2D eigenvalue weighted by Gasteiger charge is -2.37. The SMILES string of the molecule is Cc1ccnc(N2CCC3(CC2)CN2CC[C@@H](c4cc(F)cc(F)c4)N2C3=O)n1. The Balaban J connectivity index is 1.35. The maximum Gasteiger partial charge on any atom is 0.245 e. The Hall–Kier alpha value is -2.61. The molecule has 1 aromatic carbocycles. The van der Waals surface area contributed by atoms with Crippen molar-refractivity contribution in [1.82, 2.24) is 20.0 Å². The minimum Gasteiger partial charge on any atom is -0.341 e. The number of hydrogen-bond donors (Lipinski definition) is 0. The predicted molar refractivity (Wildman–Crippen MR) is 103 cm³/mol. The largest absolute Gasteiger partial charge is 0.341 e. The zero-order valence-corrected chi connectivity index (χ0v) is 16.3. The topological polar surface area (TPSA) is 52.6 Å². The summed E-state index contributed by atoms with van der Waals surface area (Å²) in [5.74, 6) is -0.425. The summed E-state index contributed by atoms with van der Waals surface area (Å²) in [6.07, 6.45) is 3.89. The van der Waals surface area contributed by atoms with Gasteiger partial charge in [-0.25, -0.2) is 23.8 Å². The Bertz CT molecular complexity index is 940. The number of halogens is 2. The minimum atomic E-state index is -0.605. The van der Waals surface area contributed by atoms with Gasteiger partial charge in [-0.3, -0.25) is 9.80 Å². The summed E-state index contributed by atoms with van der Waals surface area (Å²) in [5.41, 5.74) is 1.01. The number of carbonyl (C=O) groups excluding carboxylic acids is 1. The predicted octanol–water partition coefficient (Wildman–Crippen LogP) is 2.85. The third-order valence-electron chi connectivity index (χ3n) is 6.46. The van der Waals surface area contributed by atoms with Gasteiger partial charge in [0.2, 0.25) is 11.9 Å². The van der Waals surface area contributed by atoms with Crippen molar-refractivity contribution in [1.29, 1.82) is 0 Å². The lowest BCUT2D eigenvalue weighted by Crippen LogP contribution is -2.46. The second-order valence-electron chi connectivity index (χ2n) is 8.31. The van der Waals surface area contributed by atoms with Crippen LogP contribution >= 0.6 is 0 Å². The molecule has 8 heteroatoms. The summed E-state index contributed by atoms with van der Waals surface area (Å²) in [6.45, 7) is 4.77. The monoisotopic (exact) mass is 399 g/mol. The van der Waals surface area contributed by atoms with Crippen molar-refractivity contribution in [2.75, 3.05) is 31.1 Å². The highest BCUT2D eigenvalue weighted by Gasteiger charge is 2.56. The van der Waals surface area contributed by atoms with Crippen LogP contribution in [-0.4, -0.2) is 52.1 Å². The van der Waals surface area contributed by atoms with E-state index >= 15 is 0 Å². The molecule has 3 aliphatic heterocycles. The summed E-state index contributed by atoms with van der Waals surface area (Å²) in [7, 11) is 0. The zero-order chi connectivity index (χ0) is 20.2. The number of nitrogens with zero attached hydrogens (tertiary/aromatic N) is 5. The van der Waals surface area contributed by atoms with E-state index in [-0.39, 0.29) is 11.9 Å². The Kier molecular flexibility index (Phi) is 4.27. The molecule has 0 aliphatic carbocycles. The summed E-state index contributed by atoms with van der Waals surface area (Å²) in [6, 6.07) is 5.12. The highest BCUT2D eigenvalue weighted by Crippen LogP contribution is 2.47. The van der Waals surface area contributed by atoms with Gasteiger partial charge in [0.1, 0.15) is 11.6 Å². The Labute approximate surface area is 168 Å². The van der Waals surface area contributed by atoms with E-state index in [1.807, 2.05) is 13.0 Å². The molecule has 0 saturated carbocycles. The fraction of sp³-hybridized carbons (Fsp3) is 0.476. The number of hydrazine groups is 1. The summed E-state index contributed by atoms with van der Waals surface area (Å²) in [4.78, 5) is 24.4. The van der Waals surface area contributed by atoms with Gasteiger partial charge in [0.05, 0.1) is 11.5 Å². The third-order valence-corrected chi connectivity index (χ3v) is 6.46. The van der Waals surface area contributed by atoms with E-state index in [4.69, 9.17) is 0 Å². The Morgan fingerprint density at radius 3 is 2.52 bits per heavy atom. The fourth-order valence-corrected chi connectivity index (χ4v) is 4.95. The average Bonchev–Trinajstić information content (AvgIpc) is 3.20. The van der Waals surface area contributed by atoms with Gasteiger partial charge in [-0.05, 0) is 49.9 Å². The normalized spacial score (nSPS) is 23.8. The van der Waals surface area contributed by atoms with Crippen molar-refractivity contribution >= 4 is 11.9 Å². The van der Waals surface area contributed by atoms with Gasteiger partial charge in [0.25, 0.3) is 0 Å². The van der Waals surface area contributed by atoms with E-state index in [0.29, 0.717) is 24.5 Å². The van der Waals surface area contributed by atoms with Crippen molar-refractivity contribution in [3.05, 3.63) is 53.4 Å². The summed E-state index contributed by atoms with van der Waals surface area (Å²) in [5, 5.41) is 3.82. The van der Waals surface area contributed by atoms with Crippen LogP contribution in [-0.2, 0) is 4.79 Å². The molecule has 3 fully saturated rings. The molecule has 4 heterocycles. The van der Waals surface area contributed by atoms with Crippen molar-refractivity contribution < 1.29 is 13.6 Å². The standard InChI is InChI=1S/C21H23F2N5O/c1-14-2-6-24-20(25-14)26-8-4-21(5-9-26)13-27-7-3-18(28(27)19(21)29)15-10-16(22)12-17(23)11-15/h2,6,10-12,18H,3-5,7-9,13H2,1H3/t18-/m0/s1. The van der Waals surface area contributed by atoms with Crippen LogP contribution in [0.2, 0.25) is 0 Å². The summed E-state index contributed by atoms with van der Waals surface area (Å²) >= 11 is 0. The smallest absolute Gasteiger partial charge is 0.245 e. The molecule has 1 spiro atoms. The number of rotatable bonds is 2.